The second-order valence-electron chi connectivity index (χ2n) is 3.64. The molecule has 0 spiro atoms. The van der Waals surface area contributed by atoms with Gasteiger partial charge in [-0.2, -0.15) is 5.26 Å². The van der Waals surface area contributed by atoms with Gasteiger partial charge in [-0.25, -0.2) is 14.5 Å². The van der Waals surface area contributed by atoms with Gasteiger partial charge in [-0.1, -0.05) is 0 Å². The lowest BCUT2D eigenvalue weighted by atomic mass is 10.3. The summed E-state index contributed by atoms with van der Waals surface area (Å²) in [6, 6.07) is 0. The van der Waals surface area contributed by atoms with Crippen LogP contribution in [-0.2, 0) is 13.6 Å². The highest BCUT2D eigenvalue weighted by atomic mass is 31.2. The molecule has 0 amide bonds. The number of carbonyl (C=O) groups is 1. The number of ketones is 1. The van der Waals surface area contributed by atoms with Gasteiger partial charge in [0.2, 0.25) is 0 Å². The first-order valence-electron chi connectivity index (χ1n) is 6.40. The van der Waals surface area contributed by atoms with Crippen LogP contribution in [0.25, 0.3) is 0 Å². The summed E-state index contributed by atoms with van der Waals surface area (Å²) in [4.78, 5) is 24.4. The van der Waals surface area contributed by atoms with Crippen molar-refractivity contribution in [3.05, 3.63) is 36.4 Å². The van der Waals surface area contributed by atoms with E-state index < -0.39 is 7.60 Å². The van der Waals surface area contributed by atoms with Gasteiger partial charge >= 0.3 is 7.60 Å². The summed E-state index contributed by atoms with van der Waals surface area (Å²) in [5.41, 5.74) is 0. The summed E-state index contributed by atoms with van der Waals surface area (Å²) in [5.74, 6) is 1.85. The molecule has 0 radical (unpaired) electrons. The zero-order valence-corrected chi connectivity index (χ0v) is 13.0. The molecule has 0 unspecified atom stereocenters. The monoisotopic (exact) mass is 325 g/mol. The van der Waals surface area contributed by atoms with Crippen molar-refractivity contribution in [2.24, 2.45) is 0 Å². The van der Waals surface area contributed by atoms with Crippen LogP contribution in [-0.4, -0.2) is 38.9 Å². The van der Waals surface area contributed by atoms with Crippen LogP contribution in [0.5, 0.6) is 0 Å². The Morgan fingerprint density at radius 2 is 1.64 bits per heavy atom. The summed E-state index contributed by atoms with van der Waals surface area (Å²) >= 11 is 0. The minimum Gasteiger partial charge on any atom is -0.342 e. The van der Waals surface area contributed by atoms with E-state index in [0.29, 0.717) is 11.6 Å². The van der Waals surface area contributed by atoms with Gasteiger partial charge in [-0.3, -0.25) is 13.8 Å². The molecule has 0 atom stereocenters. The zero-order chi connectivity index (χ0) is 16.4. The largest absolute Gasteiger partial charge is 0.431 e. The second-order valence-corrected chi connectivity index (χ2v) is 5.35. The lowest BCUT2D eigenvalue weighted by molar-refractivity contribution is 0.102. The molecule has 2 N–H and O–H groups in total. The molecule has 0 aromatic carbocycles. The van der Waals surface area contributed by atoms with Crippen LogP contribution in [0.4, 0.5) is 0 Å². The predicted octanol–water partition coefficient (Wildman–Crippen LogP) is 2.10. The van der Waals surface area contributed by atoms with E-state index in [-0.39, 0.29) is 19.0 Å². The van der Waals surface area contributed by atoms with E-state index in [2.05, 4.69) is 29.0 Å². The van der Waals surface area contributed by atoms with Crippen molar-refractivity contribution >= 4 is 13.4 Å². The molecule has 22 heavy (non-hydrogen) atoms. The van der Waals surface area contributed by atoms with Crippen molar-refractivity contribution in [2.75, 3.05) is 13.2 Å². The number of aromatic nitrogens is 4. The Labute approximate surface area is 127 Å². The average Bonchev–Trinajstić information content (AvgIpc) is 3.21. The summed E-state index contributed by atoms with van der Waals surface area (Å²) < 4.78 is 20.2. The standard InChI is InChI=1S/C7H6N4O.C5H10NO3P/c12-5(6-8-1-2-9-6)7-10-3-4-11-7;1-3-8-10(7,5-6)9-4-2/h1-4H,(H,8,9)(H,10,11);3-4H2,1-2H3. The summed E-state index contributed by atoms with van der Waals surface area (Å²) in [5, 5.41) is 8.28. The predicted molar refractivity (Wildman–Crippen MR) is 77.1 cm³/mol. The Morgan fingerprint density at radius 1 is 1.18 bits per heavy atom. The maximum atomic E-state index is 11.4. The first-order chi connectivity index (χ1) is 10.6. The fourth-order valence-corrected chi connectivity index (χ4v) is 2.20. The van der Waals surface area contributed by atoms with E-state index in [1.165, 1.54) is 18.2 Å². The van der Waals surface area contributed by atoms with E-state index in [9.17, 15) is 9.36 Å². The number of hydrogen-bond donors (Lipinski definition) is 2. The molecule has 0 saturated heterocycles. The number of carbonyl (C=O) groups excluding carboxylic acids is 1. The third-order valence-corrected chi connectivity index (χ3v) is 3.59. The van der Waals surface area contributed by atoms with Gasteiger partial charge in [0, 0.05) is 24.8 Å². The summed E-state index contributed by atoms with van der Waals surface area (Å²) in [7, 11) is -3.39. The van der Waals surface area contributed by atoms with Gasteiger partial charge < -0.3 is 9.97 Å². The van der Waals surface area contributed by atoms with Crippen LogP contribution < -0.4 is 0 Å². The average molecular weight is 325 g/mol. The van der Waals surface area contributed by atoms with Crippen LogP contribution in [0.15, 0.2) is 24.8 Å². The molecule has 0 aliphatic rings. The van der Waals surface area contributed by atoms with Crippen molar-refractivity contribution in [2.45, 2.75) is 13.8 Å². The van der Waals surface area contributed by atoms with E-state index in [1.807, 2.05) is 0 Å². The Kier molecular flexibility index (Phi) is 7.19. The highest BCUT2D eigenvalue weighted by Gasteiger charge is 2.21. The maximum Gasteiger partial charge on any atom is 0.431 e. The third kappa shape index (κ3) is 5.26. The molecule has 0 fully saturated rings. The molecule has 0 aliphatic carbocycles. The van der Waals surface area contributed by atoms with Crippen LogP contribution in [0.1, 0.15) is 30.3 Å². The molecule has 2 aromatic heterocycles. The molecule has 2 rings (SSSR count). The Balaban J connectivity index is 0.000000225. The van der Waals surface area contributed by atoms with Crippen LogP contribution in [0.3, 0.4) is 0 Å². The number of hydrogen-bond acceptors (Lipinski definition) is 7. The SMILES string of the molecule is CCOP(=O)(C#N)OCC.O=C(c1ncc[nH]1)c1ncc[nH]1. The second kappa shape index (κ2) is 8.89. The molecule has 9 nitrogen and oxygen atoms in total. The number of imidazole rings is 2. The lowest BCUT2D eigenvalue weighted by Crippen LogP contribution is -2.05. The van der Waals surface area contributed by atoms with E-state index in [0.717, 1.165) is 0 Å². The number of nitrogens with zero attached hydrogens (tertiary/aromatic N) is 3. The molecule has 0 aliphatic heterocycles. The minimum atomic E-state index is -3.39. The lowest BCUT2D eigenvalue weighted by Gasteiger charge is -2.06. The minimum absolute atomic E-state index is 0.227. The van der Waals surface area contributed by atoms with Crippen molar-refractivity contribution in [1.29, 1.82) is 5.26 Å². The normalized spacial score (nSPS) is 10.4. The van der Waals surface area contributed by atoms with Gasteiger partial charge in [-0.15, -0.1) is 0 Å². The van der Waals surface area contributed by atoms with Gasteiger partial charge in [0.1, 0.15) is 0 Å². The smallest absolute Gasteiger partial charge is 0.342 e. The number of H-pyrrole nitrogens is 2. The van der Waals surface area contributed by atoms with Gasteiger partial charge in [-0.05, 0) is 13.8 Å². The number of nitrogens with one attached hydrogen (secondary N) is 2. The number of rotatable bonds is 6. The van der Waals surface area contributed by atoms with Gasteiger partial charge in [0.25, 0.3) is 5.78 Å². The molecular formula is C12H16N5O4P. The Bertz CT molecular complexity index is 601. The van der Waals surface area contributed by atoms with Crippen molar-refractivity contribution in [3.63, 3.8) is 0 Å². The third-order valence-electron chi connectivity index (χ3n) is 2.15. The van der Waals surface area contributed by atoms with Crippen molar-refractivity contribution < 1.29 is 18.4 Å². The van der Waals surface area contributed by atoms with E-state index in [4.69, 9.17) is 5.26 Å². The quantitative estimate of drug-likeness (QED) is 0.613. The highest BCUT2D eigenvalue weighted by Crippen LogP contribution is 2.46. The molecule has 10 heteroatoms. The number of aromatic amines is 2. The van der Waals surface area contributed by atoms with E-state index in [1.54, 1.807) is 26.2 Å². The van der Waals surface area contributed by atoms with Crippen LogP contribution in [0.2, 0.25) is 0 Å². The zero-order valence-electron chi connectivity index (χ0n) is 12.1. The molecule has 0 saturated carbocycles. The molecule has 2 heterocycles. The fourth-order valence-electron chi connectivity index (χ4n) is 1.33. The highest BCUT2D eigenvalue weighted by molar-refractivity contribution is 7.59. The molecule has 2 aromatic rings. The molecule has 0 bridgehead atoms. The summed E-state index contributed by atoms with van der Waals surface area (Å²) in [6.07, 6.45) is 6.23. The first-order valence-corrected chi connectivity index (χ1v) is 7.94. The first kappa shape index (κ1) is 17.8. The number of nitriles is 1. The Morgan fingerprint density at radius 3 is 1.91 bits per heavy atom. The topological polar surface area (TPSA) is 134 Å². The van der Waals surface area contributed by atoms with Gasteiger partial charge in [0.05, 0.1) is 13.2 Å². The molecular weight excluding hydrogens is 309 g/mol. The molecule has 118 valence electrons. The Hall–Kier alpha value is -2.27. The van der Waals surface area contributed by atoms with Crippen LogP contribution >= 0.6 is 7.60 Å². The van der Waals surface area contributed by atoms with Gasteiger partial charge in [0.15, 0.2) is 17.5 Å². The fraction of sp³-hybridized carbons (Fsp3) is 0.333. The van der Waals surface area contributed by atoms with Crippen molar-refractivity contribution in [3.8, 4) is 5.81 Å². The van der Waals surface area contributed by atoms with Crippen LogP contribution in [0, 0.1) is 11.1 Å². The maximum absolute atomic E-state index is 11.4. The van der Waals surface area contributed by atoms with E-state index >= 15 is 0 Å². The van der Waals surface area contributed by atoms with Crippen molar-refractivity contribution in [1.82, 2.24) is 19.9 Å². The summed E-state index contributed by atoms with van der Waals surface area (Å²) in [6.45, 7) is 3.77.